The largest absolute Gasteiger partial charge is 0.497 e. The minimum Gasteiger partial charge on any atom is -0.497 e. The first kappa shape index (κ1) is 25.6. The molecule has 3 aromatic carbocycles. The molecule has 3 aromatic rings. The average Bonchev–Trinajstić information content (AvgIpc) is 2.84. The molecule has 34 heavy (non-hydrogen) atoms. The maximum atomic E-state index is 13.1. The van der Waals surface area contributed by atoms with Crippen LogP contribution in [0.25, 0.3) is 0 Å². The van der Waals surface area contributed by atoms with E-state index in [1.807, 2.05) is 42.5 Å². The maximum Gasteiger partial charge on any atom is 0.241 e. The van der Waals surface area contributed by atoms with Crippen LogP contribution in [0.15, 0.2) is 77.7 Å². The van der Waals surface area contributed by atoms with Gasteiger partial charge in [-0.1, -0.05) is 54.1 Å². The number of rotatable bonds is 11. The highest BCUT2D eigenvalue weighted by Gasteiger charge is 2.26. The van der Waals surface area contributed by atoms with Gasteiger partial charge in [0.15, 0.2) is 0 Å². The Morgan fingerprint density at radius 1 is 1.00 bits per heavy atom. The molecule has 7 nitrogen and oxygen atoms in total. The Balaban J connectivity index is 1.78. The summed E-state index contributed by atoms with van der Waals surface area (Å²) in [7, 11) is -2.46. The number of hydrogen-bond donors (Lipinski definition) is 2. The van der Waals surface area contributed by atoms with E-state index >= 15 is 0 Å². The lowest BCUT2D eigenvalue weighted by molar-refractivity contribution is -0.122. The lowest BCUT2D eigenvalue weighted by atomic mass is 10.1. The Morgan fingerprint density at radius 2 is 1.71 bits per heavy atom. The van der Waals surface area contributed by atoms with Crippen LogP contribution in [0.3, 0.4) is 0 Å². The Bertz CT molecular complexity index is 1200. The molecule has 2 N–H and O–H groups in total. The van der Waals surface area contributed by atoms with Crippen molar-refractivity contribution in [2.24, 2.45) is 0 Å². The fourth-order valence-corrected chi connectivity index (χ4v) is 4.79. The van der Waals surface area contributed by atoms with Crippen molar-refractivity contribution in [1.29, 1.82) is 0 Å². The molecule has 9 heteroatoms. The summed E-state index contributed by atoms with van der Waals surface area (Å²) >= 11 is 6.18. The third-order valence-electron chi connectivity index (χ3n) is 5.04. The first-order valence-corrected chi connectivity index (χ1v) is 12.6. The summed E-state index contributed by atoms with van der Waals surface area (Å²) in [6.45, 7) is 2.45. The molecule has 0 aliphatic carbocycles. The number of carbonyl (C=O) groups is 1. The zero-order valence-electron chi connectivity index (χ0n) is 19.0. The van der Waals surface area contributed by atoms with E-state index in [1.54, 1.807) is 26.2 Å². The summed E-state index contributed by atoms with van der Waals surface area (Å²) in [5.74, 6) is 0.653. The highest BCUT2D eigenvalue weighted by Crippen LogP contribution is 2.27. The summed E-state index contributed by atoms with van der Waals surface area (Å²) < 4.78 is 39.2. The lowest BCUT2D eigenvalue weighted by Gasteiger charge is -2.19. The highest BCUT2D eigenvalue weighted by molar-refractivity contribution is 7.89. The van der Waals surface area contributed by atoms with Crippen molar-refractivity contribution < 1.29 is 22.7 Å². The monoisotopic (exact) mass is 502 g/mol. The van der Waals surface area contributed by atoms with Gasteiger partial charge < -0.3 is 14.8 Å². The zero-order valence-corrected chi connectivity index (χ0v) is 20.5. The molecule has 0 fully saturated rings. The second-order valence-electron chi connectivity index (χ2n) is 7.45. The fourth-order valence-electron chi connectivity index (χ4n) is 3.27. The second-order valence-corrected chi connectivity index (χ2v) is 9.58. The van der Waals surface area contributed by atoms with Gasteiger partial charge in [-0.15, -0.1) is 0 Å². The predicted molar refractivity (Wildman–Crippen MR) is 132 cm³/mol. The second kappa shape index (κ2) is 11.9. The van der Waals surface area contributed by atoms with Crippen LogP contribution >= 0.6 is 11.6 Å². The third-order valence-corrected chi connectivity index (χ3v) is 6.80. The van der Waals surface area contributed by atoms with Crippen LogP contribution in [0.5, 0.6) is 11.5 Å². The van der Waals surface area contributed by atoms with Gasteiger partial charge in [0.05, 0.1) is 23.6 Å². The zero-order chi connectivity index (χ0) is 24.6. The molecule has 180 valence electrons. The van der Waals surface area contributed by atoms with Gasteiger partial charge in [0.25, 0.3) is 0 Å². The Hall–Kier alpha value is -3.07. The van der Waals surface area contributed by atoms with Gasteiger partial charge in [0.1, 0.15) is 17.5 Å². The van der Waals surface area contributed by atoms with E-state index in [4.69, 9.17) is 21.1 Å². The lowest BCUT2D eigenvalue weighted by Crippen LogP contribution is -2.47. The summed E-state index contributed by atoms with van der Waals surface area (Å²) in [6.07, 6.45) is 0.180. The van der Waals surface area contributed by atoms with Crippen LogP contribution < -0.4 is 19.5 Å². The van der Waals surface area contributed by atoms with Crippen LogP contribution in [-0.4, -0.2) is 34.1 Å². The van der Waals surface area contributed by atoms with Gasteiger partial charge >= 0.3 is 0 Å². The molecule has 1 atom stereocenters. The molecule has 0 aliphatic heterocycles. The minimum absolute atomic E-state index is 0.0537. The molecule has 1 amide bonds. The SMILES string of the molecule is CCOc1ccc(S(=O)(=O)N[C@H](Cc2ccccc2)C(=O)NCc2ccc(OC)cc2)cc1Cl. The van der Waals surface area contributed by atoms with Crippen molar-refractivity contribution in [3.8, 4) is 11.5 Å². The molecular weight excluding hydrogens is 476 g/mol. The fraction of sp³-hybridized carbons (Fsp3) is 0.240. The first-order chi connectivity index (χ1) is 16.3. The summed E-state index contributed by atoms with van der Waals surface area (Å²) in [6, 6.07) is 19.6. The molecule has 0 spiro atoms. The number of halogens is 1. The normalized spacial score (nSPS) is 12.1. The van der Waals surface area contributed by atoms with Crippen molar-refractivity contribution in [3.05, 3.63) is 88.9 Å². The number of ether oxygens (including phenoxy) is 2. The van der Waals surface area contributed by atoms with Crippen molar-refractivity contribution in [2.45, 2.75) is 30.8 Å². The predicted octanol–water partition coefficient (Wildman–Crippen LogP) is 3.95. The number of benzene rings is 3. The van der Waals surface area contributed by atoms with Gasteiger partial charge in [-0.2, -0.15) is 4.72 Å². The van der Waals surface area contributed by atoms with Crippen LogP contribution in [0.2, 0.25) is 5.02 Å². The summed E-state index contributed by atoms with van der Waals surface area (Å²) in [5.41, 5.74) is 1.67. The molecule has 0 aromatic heterocycles. The number of carbonyl (C=O) groups excluding carboxylic acids is 1. The van der Waals surface area contributed by atoms with Crippen molar-refractivity contribution >= 4 is 27.5 Å². The van der Waals surface area contributed by atoms with E-state index in [0.29, 0.717) is 18.1 Å². The molecule has 0 saturated carbocycles. The molecule has 0 heterocycles. The smallest absolute Gasteiger partial charge is 0.241 e. The van der Waals surface area contributed by atoms with E-state index in [0.717, 1.165) is 11.1 Å². The Labute approximate surface area is 205 Å². The third kappa shape index (κ3) is 6.96. The number of methoxy groups -OCH3 is 1. The standard InChI is InChI=1S/C25H27ClN2O5S/c1-3-33-24-14-13-21(16-22(24)26)34(30,31)28-23(15-18-7-5-4-6-8-18)25(29)27-17-19-9-11-20(32-2)12-10-19/h4-14,16,23,28H,3,15,17H2,1-2H3,(H,27,29)/t23-/m1/s1. The van der Waals surface area contributed by atoms with Gasteiger partial charge in [0.2, 0.25) is 15.9 Å². The van der Waals surface area contributed by atoms with Crippen LogP contribution in [0.1, 0.15) is 18.1 Å². The number of sulfonamides is 1. The molecule has 0 radical (unpaired) electrons. The molecule has 0 aliphatic rings. The van der Waals surface area contributed by atoms with E-state index in [2.05, 4.69) is 10.0 Å². The molecule has 0 unspecified atom stereocenters. The van der Waals surface area contributed by atoms with Crippen molar-refractivity contribution in [3.63, 3.8) is 0 Å². The summed E-state index contributed by atoms with van der Waals surface area (Å²) in [4.78, 5) is 13.0. The van der Waals surface area contributed by atoms with Crippen molar-refractivity contribution in [1.82, 2.24) is 10.0 Å². The van der Waals surface area contributed by atoms with E-state index in [9.17, 15) is 13.2 Å². The quantitative estimate of drug-likeness (QED) is 0.414. The maximum absolute atomic E-state index is 13.1. The molecule has 0 saturated heterocycles. The Morgan fingerprint density at radius 3 is 2.32 bits per heavy atom. The molecular formula is C25H27ClN2O5S. The highest BCUT2D eigenvalue weighted by atomic mass is 35.5. The number of hydrogen-bond acceptors (Lipinski definition) is 5. The van der Waals surface area contributed by atoms with Crippen LogP contribution in [0.4, 0.5) is 0 Å². The number of amides is 1. The Kier molecular flexibility index (Phi) is 8.92. The van der Waals surface area contributed by atoms with Gasteiger partial charge in [-0.05, 0) is 54.8 Å². The molecule has 0 bridgehead atoms. The van der Waals surface area contributed by atoms with Crippen LogP contribution in [-0.2, 0) is 27.8 Å². The number of nitrogens with one attached hydrogen (secondary N) is 2. The van der Waals surface area contributed by atoms with Gasteiger partial charge in [0, 0.05) is 6.54 Å². The topological polar surface area (TPSA) is 93.7 Å². The van der Waals surface area contributed by atoms with Crippen LogP contribution in [0, 0.1) is 0 Å². The summed E-state index contributed by atoms with van der Waals surface area (Å²) in [5, 5.41) is 2.99. The first-order valence-electron chi connectivity index (χ1n) is 10.7. The average molecular weight is 503 g/mol. The van der Waals surface area contributed by atoms with E-state index in [-0.39, 0.29) is 22.9 Å². The van der Waals surface area contributed by atoms with Crippen molar-refractivity contribution in [2.75, 3.05) is 13.7 Å². The van der Waals surface area contributed by atoms with E-state index in [1.165, 1.54) is 18.2 Å². The minimum atomic E-state index is -4.04. The molecule has 3 rings (SSSR count). The van der Waals surface area contributed by atoms with Gasteiger partial charge in [-0.3, -0.25) is 4.79 Å². The van der Waals surface area contributed by atoms with E-state index < -0.39 is 22.0 Å². The van der Waals surface area contributed by atoms with Gasteiger partial charge in [-0.25, -0.2) is 8.42 Å².